The van der Waals surface area contributed by atoms with Crippen LogP contribution in [0.4, 0.5) is 13.2 Å². The highest BCUT2D eigenvalue weighted by atomic mass is 35.7. The first-order valence-corrected chi connectivity index (χ1v) is 6.05. The lowest BCUT2D eigenvalue weighted by Gasteiger charge is -2.10. The number of hydrogen-bond donors (Lipinski definition) is 0. The van der Waals surface area contributed by atoms with Crippen molar-refractivity contribution in [2.45, 2.75) is 11.3 Å². The van der Waals surface area contributed by atoms with Crippen LogP contribution in [0.5, 0.6) is 5.75 Å². The summed E-state index contributed by atoms with van der Waals surface area (Å²) in [5, 5.41) is 0. The Morgan fingerprint density at radius 3 is 2.44 bits per heavy atom. The standard InChI is InChI=1S/C7H5ClF3NO3S/c1-15-3-2-12-7(11)5(16(8,13)14)4(3)6(9)10/h2,6H,1H3. The average Bonchev–Trinajstić information content (AvgIpc) is 2.15. The first-order chi connectivity index (χ1) is 7.29. The van der Waals surface area contributed by atoms with Gasteiger partial charge in [0.25, 0.3) is 15.5 Å². The van der Waals surface area contributed by atoms with E-state index in [1.807, 2.05) is 0 Å². The molecule has 16 heavy (non-hydrogen) atoms. The predicted octanol–water partition coefficient (Wildman–Crippen LogP) is 2.09. The van der Waals surface area contributed by atoms with Crippen molar-refractivity contribution in [3.63, 3.8) is 0 Å². The Bertz CT molecular complexity index is 506. The van der Waals surface area contributed by atoms with Gasteiger partial charge in [-0.1, -0.05) is 0 Å². The van der Waals surface area contributed by atoms with E-state index in [1.165, 1.54) is 0 Å². The van der Waals surface area contributed by atoms with Crippen molar-refractivity contribution < 1.29 is 26.3 Å². The maximum absolute atomic E-state index is 13.1. The van der Waals surface area contributed by atoms with Crippen molar-refractivity contribution in [3.05, 3.63) is 17.7 Å². The average molecular weight is 276 g/mol. The topological polar surface area (TPSA) is 56.3 Å². The highest BCUT2D eigenvalue weighted by molar-refractivity contribution is 8.13. The molecule has 0 fully saturated rings. The van der Waals surface area contributed by atoms with Crippen LogP contribution in [0.25, 0.3) is 0 Å². The molecule has 0 aliphatic rings. The van der Waals surface area contributed by atoms with Gasteiger partial charge in [0, 0.05) is 10.7 Å². The van der Waals surface area contributed by atoms with Crippen LogP contribution in [-0.4, -0.2) is 20.5 Å². The van der Waals surface area contributed by atoms with E-state index in [-0.39, 0.29) is 0 Å². The fourth-order valence-corrected chi connectivity index (χ4v) is 2.21. The van der Waals surface area contributed by atoms with Gasteiger partial charge in [-0.2, -0.15) is 4.39 Å². The molecule has 0 amide bonds. The lowest BCUT2D eigenvalue weighted by Crippen LogP contribution is -2.07. The zero-order chi connectivity index (χ0) is 12.5. The van der Waals surface area contributed by atoms with Gasteiger partial charge in [-0.25, -0.2) is 22.2 Å². The summed E-state index contributed by atoms with van der Waals surface area (Å²) in [4.78, 5) is 1.61. The van der Waals surface area contributed by atoms with Crippen LogP contribution in [0.3, 0.4) is 0 Å². The molecule has 0 radical (unpaired) electrons. The molecule has 1 aromatic heterocycles. The van der Waals surface area contributed by atoms with E-state index in [2.05, 4.69) is 9.72 Å². The molecule has 0 aliphatic heterocycles. The lowest BCUT2D eigenvalue weighted by molar-refractivity contribution is 0.142. The summed E-state index contributed by atoms with van der Waals surface area (Å²) < 4.78 is 64.6. The largest absolute Gasteiger partial charge is 0.495 e. The Kier molecular flexibility index (Phi) is 3.64. The quantitative estimate of drug-likeness (QED) is 0.626. The summed E-state index contributed by atoms with van der Waals surface area (Å²) in [7, 11) is 1.20. The third-order valence-electron chi connectivity index (χ3n) is 1.67. The molecule has 4 nitrogen and oxygen atoms in total. The molecule has 0 saturated carbocycles. The Hall–Kier alpha value is -1.02. The van der Waals surface area contributed by atoms with Gasteiger partial charge in [0.2, 0.25) is 5.95 Å². The minimum absolute atomic E-state index is 0.546. The van der Waals surface area contributed by atoms with Crippen LogP contribution in [0.2, 0.25) is 0 Å². The first kappa shape index (κ1) is 13.0. The predicted molar refractivity (Wildman–Crippen MR) is 48.7 cm³/mol. The monoisotopic (exact) mass is 275 g/mol. The molecular formula is C7H5ClF3NO3S. The molecule has 0 aliphatic carbocycles. The second-order valence-electron chi connectivity index (χ2n) is 2.60. The van der Waals surface area contributed by atoms with E-state index in [9.17, 15) is 21.6 Å². The van der Waals surface area contributed by atoms with Gasteiger partial charge >= 0.3 is 0 Å². The van der Waals surface area contributed by atoms with Crippen LogP contribution in [0, 0.1) is 5.95 Å². The zero-order valence-corrected chi connectivity index (χ0v) is 9.32. The minimum Gasteiger partial charge on any atom is -0.495 e. The fraction of sp³-hybridized carbons (Fsp3) is 0.286. The van der Waals surface area contributed by atoms with Gasteiger partial charge < -0.3 is 4.74 Å². The number of aromatic nitrogens is 1. The minimum atomic E-state index is -4.67. The first-order valence-electron chi connectivity index (χ1n) is 3.74. The summed E-state index contributed by atoms with van der Waals surface area (Å²) >= 11 is 0. The Morgan fingerprint density at radius 1 is 1.50 bits per heavy atom. The van der Waals surface area contributed by atoms with Gasteiger partial charge in [0.05, 0.1) is 18.9 Å². The number of methoxy groups -OCH3 is 1. The summed E-state index contributed by atoms with van der Waals surface area (Å²) in [6.07, 6.45) is -2.60. The number of pyridine rings is 1. The van der Waals surface area contributed by atoms with E-state index in [0.29, 0.717) is 6.20 Å². The molecule has 0 spiro atoms. The van der Waals surface area contributed by atoms with E-state index < -0.39 is 37.6 Å². The Labute approximate surface area is 93.4 Å². The van der Waals surface area contributed by atoms with E-state index in [4.69, 9.17) is 10.7 Å². The van der Waals surface area contributed by atoms with Crippen LogP contribution in [0.1, 0.15) is 12.0 Å². The molecule has 0 N–H and O–H groups in total. The third kappa shape index (κ3) is 2.38. The second-order valence-corrected chi connectivity index (χ2v) is 5.10. The molecule has 9 heteroatoms. The summed E-state index contributed by atoms with van der Waals surface area (Å²) in [5.74, 6) is -2.14. The highest BCUT2D eigenvalue weighted by Gasteiger charge is 2.30. The van der Waals surface area contributed by atoms with Gasteiger partial charge in [-0.05, 0) is 0 Å². The molecule has 0 atom stereocenters. The van der Waals surface area contributed by atoms with Crippen molar-refractivity contribution in [1.29, 1.82) is 0 Å². The smallest absolute Gasteiger partial charge is 0.268 e. The lowest BCUT2D eigenvalue weighted by atomic mass is 10.2. The van der Waals surface area contributed by atoms with Crippen LogP contribution < -0.4 is 4.74 Å². The van der Waals surface area contributed by atoms with E-state index in [0.717, 1.165) is 7.11 Å². The molecule has 90 valence electrons. The number of halogens is 4. The van der Waals surface area contributed by atoms with Crippen molar-refractivity contribution >= 4 is 19.7 Å². The molecule has 0 unspecified atom stereocenters. The number of nitrogens with zero attached hydrogens (tertiary/aromatic N) is 1. The second kappa shape index (κ2) is 4.46. The molecule has 0 aromatic carbocycles. The summed E-state index contributed by atoms with van der Waals surface area (Å²) in [5.41, 5.74) is -1.13. The molecule has 1 rings (SSSR count). The zero-order valence-electron chi connectivity index (χ0n) is 7.75. The van der Waals surface area contributed by atoms with E-state index >= 15 is 0 Å². The number of ether oxygens (including phenoxy) is 1. The SMILES string of the molecule is COc1cnc(F)c(S(=O)(=O)Cl)c1C(F)F. The Morgan fingerprint density at radius 2 is 2.06 bits per heavy atom. The van der Waals surface area contributed by atoms with Crippen LogP contribution in [-0.2, 0) is 9.05 Å². The fourth-order valence-electron chi connectivity index (χ4n) is 1.07. The highest BCUT2D eigenvalue weighted by Crippen LogP contribution is 2.36. The van der Waals surface area contributed by atoms with Crippen molar-refractivity contribution in [3.8, 4) is 5.75 Å². The van der Waals surface area contributed by atoms with Gasteiger partial charge in [0.1, 0.15) is 10.6 Å². The molecular weight excluding hydrogens is 271 g/mol. The normalized spacial score (nSPS) is 11.9. The number of rotatable bonds is 3. The number of hydrogen-bond acceptors (Lipinski definition) is 4. The van der Waals surface area contributed by atoms with E-state index in [1.54, 1.807) is 0 Å². The van der Waals surface area contributed by atoms with Gasteiger partial charge in [-0.3, -0.25) is 0 Å². The third-order valence-corrected chi connectivity index (χ3v) is 3.01. The molecule has 0 bridgehead atoms. The summed E-state index contributed by atoms with van der Waals surface area (Å²) in [6, 6.07) is 0. The maximum atomic E-state index is 13.1. The van der Waals surface area contributed by atoms with Gasteiger partial charge in [0.15, 0.2) is 0 Å². The van der Waals surface area contributed by atoms with Crippen molar-refractivity contribution in [2.24, 2.45) is 0 Å². The molecule has 1 heterocycles. The van der Waals surface area contributed by atoms with Gasteiger partial charge in [-0.15, -0.1) is 0 Å². The summed E-state index contributed by atoms with van der Waals surface area (Å²) in [6.45, 7) is 0. The number of alkyl halides is 2. The van der Waals surface area contributed by atoms with Crippen LogP contribution in [0.15, 0.2) is 11.1 Å². The van der Waals surface area contributed by atoms with Crippen molar-refractivity contribution in [2.75, 3.05) is 7.11 Å². The molecule has 1 aromatic rings. The Balaban J connectivity index is 3.69. The maximum Gasteiger partial charge on any atom is 0.268 e. The van der Waals surface area contributed by atoms with Crippen LogP contribution >= 0.6 is 10.7 Å². The molecule has 0 saturated heterocycles. The van der Waals surface area contributed by atoms with Crippen molar-refractivity contribution in [1.82, 2.24) is 4.98 Å².